The van der Waals surface area contributed by atoms with Crippen LogP contribution in [-0.4, -0.2) is 68.3 Å². The molecule has 3 atom stereocenters. The summed E-state index contributed by atoms with van der Waals surface area (Å²) in [6, 6.07) is 7.51. The molecule has 1 unspecified atom stereocenters. The molecule has 210 valence electrons. The number of aliphatic carboxylic acids is 1. The van der Waals surface area contributed by atoms with E-state index in [1.807, 2.05) is 18.2 Å². The van der Waals surface area contributed by atoms with Crippen molar-refractivity contribution < 1.29 is 9.90 Å². The van der Waals surface area contributed by atoms with Crippen LogP contribution in [0.3, 0.4) is 0 Å². The number of halogens is 2. The van der Waals surface area contributed by atoms with Crippen molar-refractivity contribution in [1.29, 1.82) is 0 Å². The van der Waals surface area contributed by atoms with Crippen molar-refractivity contribution in [1.82, 2.24) is 24.5 Å². The van der Waals surface area contributed by atoms with Crippen LogP contribution in [-0.2, 0) is 4.79 Å². The molecule has 9 nitrogen and oxygen atoms in total. The van der Waals surface area contributed by atoms with Gasteiger partial charge in [0.05, 0.1) is 12.0 Å². The monoisotopic (exact) mass is 573 g/mol. The molecule has 0 radical (unpaired) electrons. The minimum atomic E-state index is -0.699. The molecule has 2 aromatic heterocycles. The fourth-order valence-corrected chi connectivity index (χ4v) is 6.57. The van der Waals surface area contributed by atoms with E-state index in [-0.39, 0.29) is 12.0 Å². The molecule has 2 saturated heterocycles. The van der Waals surface area contributed by atoms with Gasteiger partial charge in [-0.3, -0.25) is 4.79 Å². The Morgan fingerprint density at radius 3 is 2.67 bits per heavy atom. The number of rotatable bonds is 9. The number of anilines is 2. The number of aromatic nitrogens is 4. The number of carboxylic acid groups (broad SMARTS) is 1. The van der Waals surface area contributed by atoms with Crippen LogP contribution in [0.1, 0.15) is 57.6 Å². The molecule has 2 N–H and O–H groups in total. The summed E-state index contributed by atoms with van der Waals surface area (Å²) in [6.45, 7) is 8.80. The van der Waals surface area contributed by atoms with Crippen molar-refractivity contribution in [2.24, 2.45) is 17.8 Å². The lowest BCUT2D eigenvalue weighted by Gasteiger charge is -2.41. The number of carbonyl (C=O) groups is 1. The third-order valence-electron chi connectivity index (χ3n) is 8.40. The maximum atomic E-state index is 11.2. The van der Waals surface area contributed by atoms with Gasteiger partial charge in [0.1, 0.15) is 18.0 Å². The highest BCUT2D eigenvalue weighted by atomic mass is 35.5. The lowest BCUT2D eigenvalue weighted by Crippen LogP contribution is -2.43. The molecule has 2 aliphatic heterocycles. The molecular formula is C28H37Cl2N7O2. The van der Waals surface area contributed by atoms with E-state index in [0.29, 0.717) is 27.7 Å². The number of piperidine rings is 2. The molecule has 1 aromatic carbocycles. The molecule has 4 heterocycles. The Morgan fingerprint density at radius 1 is 1.13 bits per heavy atom. The van der Waals surface area contributed by atoms with Gasteiger partial charge in [-0.1, -0.05) is 36.2 Å². The Labute approximate surface area is 239 Å². The Balaban J connectivity index is 1.23. The first-order valence-corrected chi connectivity index (χ1v) is 14.7. The van der Waals surface area contributed by atoms with Crippen LogP contribution in [0.25, 0.3) is 5.78 Å². The van der Waals surface area contributed by atoms with E-state index in [2.05, 4.69) is 32.1 Å². The first-order valence-electron chi connectivity index (χ1n) is 13.9. The van der Waals surface area contributed by atoms with Gasteiger partial charge in [-0.15, -0.1) is 0 Å². The number of nitrogens with one attached hydrogen (secondary N) is 1. The van der Waals surface area contributed by atoms with Gasteiger partial charge >= 0.3 is 5.97 Å². The van der Waals surface area contributed by atoms with Crippen molar-refractivity contribution in [3.8, 4) is 0 Å². The molecular weight excluding hydrogens is 537 g/mol. The minimum Gasteiger partial charge on any atom is -0.481 e. The van der Waals surface area contributed by atoms with Crippen LogP contribution in [0.5, 0.6) is 0 Å². The van der Waals surface area contributed by atoms with E-state index in [1.165, 1.54) is 19.2 Å². The van der Waals surface area contributed by atoms with Crippen molar-refractivity contribution >= 4 is 46.6 Å². The van der Waals surface area contributed by atoms with Gasteiger partial charge in [0, 0.05) is 35.7 Å². The summed E-state index contributed by atoms with van der Waals surface area (Å²) in [6.07, 6.45) is 6.96. The summed E-state index contributed by atoms with van der Waals surface area (Å²) in [4.78, 5) is 25.2. The first kappa shape index (κ1) is 27.9. The lowest BCUT2D eigenvalue weighted by molar-refractivity contribution is -0.141. The Kier molecular flexibility index (Phi) is 8.79. The largest absolute Gasteiger partial charge is 0.481 e. The minimum absolute atomic E-state index is 0.0733. The van der Waals surface area contributed by atoms with Gasteiger partial charge < -0.3 is 20.2 Å². The van der Waals surface area contributed by atoms with Gasteiger partial charge in [0.2, 0.25) is 0 Å². The van der Waals surface area contributed by atoms with Crippen molar-refractivity contribution in [2.45, 2.75) is 52.0 Å². The lowest BCUT2D eigenvalue weighted by atomic mass is 9.79. The number of benzene rings is 1. The molecule has 0 amide bonds. The second-order valence-electron chi connectivity index (χ2n) is 11.1. The highest BCUT2D eigenvalue weighted by molar-refractivity contribution is 6.35. The van der Waals surface area contributed by atoms with E-state index in [9.17, 15) is 9.90 Å². The predicted octanol–water partition coefficient (Wildman–Crippen LogP) is 5.64. The average Bonchev–Trinajstić information content (AvgIpc) is 3.41. The summed E-state index contributed by atoms with van der Waals surface area (Å²) in [5.41, 5.74) is 0.951. The Hall–Kier alpha value is -2.62. The number of hydrogen-bond donors (Lipinski definition) is 2. The Morgan fingerprint density at radius 2 is 1.92 bits per heavy atom. The zero-order chi connectivity index (χ0) is 27.5. The smallest absolute Gasteiger partial charge is 0.306 e. The van der Waals surface area contributed by atoms with Crippen molar-refractivity contribution in [3.63, 3.8) is 0 Å². The van der Waals surface area contributed by atoms with E-state index < -0.39 is 5.97 Å². The average molecular weight is 575 g/mol. The molecule has 2 aliphatic rings. The third kappa shape index (κ3) is 6.58. The summed E-state index contributed by atoms with van der Waals surface area (Å²) in [7, 11) is 0. The Bertz CT molecular complexity index is 1290. The molecule has 5 rings (SSSR count). The number of nitrogens with zero attached hydrogens (tertiary/aromatic N) is 6. The number of fused-ring (bicyclic) bond motifs is 1. The fourth-order valence-electron chi connectivity index (χ4n) is 6.00. The van der Waals surface area contributed by atoms with Gasteiger partial charge in [0.15, 0.2) is 0 Å². The normalized spacial score (nSPS) is 20.7. The summed E-state index contributed by atoms with van der Waals surface area (Å²) in [5, 5.41) is 18.4. The highest BCUT2D eigenvalue weighted by Crippen LogP contribution is 2.34. The van der Waals surface area contributed by atoms with Crippen molar-refractivity contribution in [3.05, 3.63) is 46.2 Å². The highest BCUT2D eigenvalue weighted by Gasteiger charge is 2.31. The fraction of sp³-hybridized carbons (Fsp3) is 0.571. The molecule has 0 aliphatic carbocycles. The molecule has 0 bridgehead atoms. The number of carboxylic acids is 1. The van der Waals surface area contributed by atoms with Gasteiger partial charge in [-0.05, 0) is 81.6 Å². The zero-order valence-electron chi connectivity index (χ0n) is 22.6. The number of hydrogen-bond acceptors (Lipinski definition) is 7. The topological polar surface area (TPSA) is 98.9 Å². The molecule has 39 heavy (non-hydrogen) atoms. The van der Waals surface area contributed by atoms with Crippen LogP contribution in [0, 0.1) is 17.8 Å². The standard InChI is InChI=1S/C28H37Cl2N7O2/c1-18(27(38)39)7-11-35-10-3-4-21(16-35)20-8-12-36(13-9-20)25-15-26(37-28(34-25)31-17-32-37)33-19(2)23-6-5-22(29)14-24(23)30/h5-6,14-15,17-21,33H,3-4,7-13,16H2,1-2H3,(H,38,39)/t18?,19-,21+/m1/s1. The maximum absolute atomic E-state index is 11.2. The van der Waals surface area contributed by atoms with Gasteiger partial charge in [-0.2, -0.15) is 19.6 Å². The summed E-state index contributed by atoms with van der Waals surface area (Å²) < 4.78 is 1.72. The molecule has 0 saturated carbocycles. The van der Waals surface area contributed by atoms with Gasteiger partial charge in [0.25, 0.3) is 5.78 Å². The predicted molar refractivity (Wildman–Crippen MR) is 155 cm³/mol. The molecule has 3 aromatic rings. The van der Waals surface area contributed by atoms with Crippen LogP contribution in [0.15, 0.2) is 30.6 Å². The maximum Gasteiger partial charge on any atom is 0.306 e. The zero-order valence-corrected chi connectivity index (χ0v) is 24.1. The van der Waals surface area contributed by atoms with Gasteiger partial charge in [-0.25, -0.2) is 0 Å². The quantitative estimate of drug-likeness (QED) is 0.339. The first-order chi connectivity index (χ1) is 18.8. The summed E-state index contributed by atoms with van der Waals surface area (Å²) >= 11 is 12.6. The van der Waals surface area contributed by atoms with Crippen molar-refractivity contribution in [2.75, 3.05) is 42.9 Å². The van der Waals surface area contributed by atoms with Crippen LogP contribution < -0.4 is 10.2 Å². The molecule has 2 fully saturated rings. The SMILES string of the molecule is CC(CCN1CCC[C@H](C2CCN(c3cc(N[C@H](C)c4ccc(Cl)cc4Cl)n4ncnc4n3)CC2)C1)C(=O)O. The van der Waals surface area contributed by atoms with Crippen LogP contribution in [0.2, 0.25) is 10.0 Å². The second kappa shape index (κ2) is 12.3. The van der Waals surface area contributed by atoms with Crippen LogP contribution >= 0.6 is 23.2 Å². The number of likely N-dealkylation sites (tertiary alicyclic amines) is 1. The molecule has 0 spiro atoms. The van der Waals surface area contributed by atoms with E-state index in [0.717, 1.165) is 69.2 Å². The second-order valence-corrected chi connectivity index (χ2v) is 11.9. The summed E-state index contributed by atoms with van der Waals surface area (Å²) in [5.74, 6) is 2.65. The third-order valence-corrected chi connectivity index (χ3v) is 8.97. The van der Waals surface area contributed by atoms with E-state index in [1.54, 1.807) is 17.5 Å². The molecule has 11 heteroatoms. The van der Waals surface area contributed by atoms with E-state index >= 15 is 0 Å². The van der Waals surface area contributed by atoms with E-state index in [4.69, 9.17) is 28.2 Å². The van der Waals surface area contributed by atoms with Crippen LogP contribution in [0.4, 0.5) is 11.6 Å².